The van der Waals surface area contributed by atoms with Crippen LogP contribution < -0.4 is 10.6 Å². The first-order valence-corrected chi connectivity index (χ1v) is 8.20. The molecule has 1 heterocycles. The molecule has 0 bridgehead atoms. The molecule has 1 atom stereocenters. The summed E-state index contributed by atoms with van der Waals surface area (Å²) in [6.07, 6.45) is 8.26. The molecule has 0 aliphatic carbocycles. The van der Waals surface area contributed by atoms with Gasteiger partial charge < -0.3 is 15.4 Å². The van der Waals surface area contributed by atoms with E-state index >= 15 is 0 Å². The minimum atomic E-state index is -0.476. The van der Waals surface area contributed by atoms with Crippen molar-refractivity contribution in [3.8, 4) is 0 Å². The zero-order chi connectivity index (χ0) is 17.3. The van der Waals surface area contributed by atoms with Crippen LogP contribution in [-0.4, -0.2) is 34.1 Å². The highest BCUT2D eigenvalue weighted by Crippen LogP contribution is 2.07. The van der Waals surface area contributed by atoms with Gasteiger partial charge in [-0.25, -0.2) is 9.48 Å². The van der Waals surface area contributed by atoms with E-state index in [-0.39, 0.29) is 12.1 Å². The molecule has 1 aromatic rings. The second-order valence-electron chi connectivity index (χ2n) is 6.61. The monoisotopic (exact) mass is 322 g/mol. The molecule has 0 saturated carbocycles. The molecule has 23 heavy (non-hydrogen) atoms. The Bertz CT molecular complexity index is 491. The van der Waals surface area contributed by atoms with Crippen molar-refractivity contribution in [3.63, 3.8) is 0 Å². The quantitative estimate of drug-likeness (QED) is 0.733. The van der Waals surface area contributed by atoms with Gasteiger partial charge in [0, 0.05) is 37.1 Å². The zero-order valence-corrected chi connectivity index (χ0v) is 14.8. The fourth-order valence-electron chi connectivity index (χ4n) is 2.08. The minimum absolute atomic E-state index is 0.203. The molecule has 2 N–H and O–H groups in total. The lowest BCUT2D eigenvalue weighted by Crippen LogP contribution is -2.42. The number of ether oxygens (including phenoxy) is 1. The van der Waals surface area contributed by atoms with E-state index in [1.54, 1.807) is 10.9 Å². The first-order valence-electron chi connectivity index (χ1n) is 8.20. The van der Waals surface area contributed by atoms with Gasteiger partial charge >= 0.3 is 6.09 Å². The van der Waals surface area contributed by atoms with Gasteiger partial charge in [-0.1, -0.05) is 26.3 Å². The van der Waals surface area contributed by atoms with Crippen LogP contribution in [0.2, 0.25) is 0 Å². The van der Waals surface area contributed by atoms with Crippen LogP contribution in [0, 0.1) is 0 Å². The van der Waals surface area contributed by atoms with E-state index in [4.69, 9.17) is 4.74 Å². The van der Waals surface area contributed by atoms with E-state index in [1.807, 2.05) is 33.2 Å². The van der Waals surface area contributed by atoms with E-state index in [2.05, 4.69) is 29.2 Å². The Morgan fingerprint density at radius 1 is 1.52 bits per heavy atom. The summed E-state index contributed by atoms with van der Waals surface area (Å²) in [6, 6.07) is 0.203. The number of alkyl carbamates (subject to hydrolysis) is 1. The summed E-state index contributed by atoms with van der Waals surface area (Å²) >= 11 is 0. The second-order valence-corrected chi connectivity index (χ2v) is 6.61. The number of carbonyl (C=O) groups is 1. The smallest absolute Gasteiger partial charge is 0.407 e. The molecule has 0 spiro atoms. The van der Waals surface area contributed by atoms with Gasteiger partial charge in [0.1, 0.15) is 5.60 Å². The maximum absolute atomic E-state index is 11.8. The number of hydrogen-bond acceptors (Lipinski definition) is 4. The number of nitrogens with one attached hydrogen (secondary N) is 2. The van der Waals surface area contributed by atoms with Crippen LogP contribution in [0.1, 0.15) is 52.5 Å². The Morgan fingerprint density at radius 2 is 2.26 bits per heavy atom. The fraction of sp³-hybridized carbons (Fsp3) is 0.647. The first-order chi connectivity index (χ1) is 10.8. The van der Waals surface area contributed by atoms with Gasteiger partial charge in [0.2, 0.25) is 0 Å². The summed E-state index contributed by atoms with van der Waals surface area (Å²) in [4.78, 5) is 11.8. The first kappa shape index (κ1) is 19.2. The van der Waals surface area contributed by atoms with Crippen molar-refractivity contribution in [2.45, 2.75) is 65.1 Å². The lowest BCUT2D eigenvalue weighted by atomic mass is 10.1. The van der Waals surface area contributed by atoms with E-state index in [1.165, 1.54) is 0 Å². The van der Waals surface area contributed by atoms with E-state index in [0.717, 1.165) is 24.8 Å². The summed E-state index contributed by atoms with van der Waals surface area (Å²) in [7, 11) is 0. The predicted molar refractivity (Wildman–Crippen MR) is 93.0 cm³/mol. The molecule has 0 aliphatic heterocycles. The van der Waals surface area contributed by atoms with E-state index < -0.39 is 5.60 Å². The normalized spacial score (nSPS) is 12.7. The highest BCUT2D eigenvalue weighted by atomic mass is 16.6. The fourth-order valence-corrected chi connectivity index (χ4v) is 2.08. The summed E-state index contributed by atoms with van der Waals surface area (Å²) in [5, 5.41) is 10.5. The average Bonchev–Trinajstić information content (AvgIpc) is 2.92. The highest BCUT2D eigenvalue weighted by molar-refractivity contribution is 5.67. The molecular formula is C17H30N4O2. The molecule has 0 aliphatic rings. The van der Waals surface area contributed by atoms with Crippen LogP contribution in [0.3, 0.4) is 0 Å². The molecule has 1 amide bonds. The molecule has 6 heteroatoms. The van der Waals surface area contributed by atoms with Crippen LogP contribution in [0.15, 0.2) is 19.0 Å². The summed E-state index contributed by atoms with van der Waals surface area (Å²) in [6.45, 7) is 12.7. The third kappa shape index (κ3) is 8.40. The molecule has 6 nitrogen and oxygen atoms in total. The van der Waals surface area contributed by atoms with Gasteiger partial charge in [-0.3, -0.25) is 0 Å². The van der Waals surface area contributed by atoms with Crippen LogP contribution in [0.25, 0.3) is 6.20 Å². The van der Waals surface area contributed by atoms with Crippen molar-refractivity contribution in [1.82, 2.24) is 20.4 Å². The second kappa shape index (κ2) is 9.35. The highest BCUT2D eigenvalue weighted by Gasteiger charge is 2.17. The maximum atomic E-state index is 11.8. The van der Waals surface area contributed by atoms with Crippen molar-refractivity contribution >= 4 is 12.3 Å². The largest absolute Gasteiger partial charge is 0.444 e. The Morgan fingerprint density at radius 3 is 2.83 bits per heavy atom. The van der Waals surface area contributed by atoms with Crippen molar-refractivity contribution in [3.05, 3.63) is 24.5 Å². The molecule has 0 saturated heterocycles. The van der Waals surface area contributed by atoms with Gasteiger partial charge in [-0.05, 0) is 27.2 Å². The summed E-state index contributed by atoms with van der Waals surface area (Å²) in [5.74, 6) is 0. The number of nitrogens with zero attached hydrogens (tertiary/aromatic N) is 2. The summed E-state index contributed by atoms with van der Waals surface area (Å²) in [5.41, 5.74) is 0.610. The van der Waals surface area contributed by atoms with Gasteiger partial charge in [0.15, 0.2) is 0 Å². The number of amides is 1. The SMILES string of the molecule is C=Cn1cc(CNC(CCCC)CNC(=O)OC(C)(C)C)cn1. The zero-order valence-electron chi connectivity index (χ0n) is 14.8. The third-order valence-electron chi connectivity index (χ3n) is 3.23. The number of carbonyl (C=O) groups excluding carboxylic acids is 1. The number of aromatic nitrogens is 2. The lowest BCUT2D eigenvalue weighted by molar-refractivity contribution is 0.0521. The van der Waals surface area contributed by atoms with E-state index in [9.17, 15) is 4.79 Å². The predicted octanol–water partition coefficient (Wildman–Crippen LogP) is 3.16. The molecule has 0 radical (unpaired) electrons. The van der Waals surface area contributed by atoms with Gasteiger partial charge in [0.05, 0.1) is 6.20 Å². The number of hydrogen-bond donors (Lipinski definition) is 2. The molecule has 1 unspecified atom stereocenters. The number of rotatable bonds is 9. The minimum Gasteiger partial charge on any atom is -0.444 e. The lowest BCUT2D eigenvalue weighted by Gasteiger charge is -2.22. The maximum Gasteiger partial charge on any atom is 0.407 e. The topological polar surface area (TPSA) is 68.2 Å². The Kier molecular flexibility index (Phi) is 7.81. The third-order valence-corrected chi connectivity index (χ3v) is 3.23. The van der Waals surface area contributed by atoms with Crippen molar-refractivity contribution < 1.29 is 9.53 Å². The molecule has 130 valence electrons. The van der Waals surface area contributed by atoms with Crippen LogP contribution in [-0.2, 0) is 11.3 Å². The molecule has 0 aromatic carbocycles. The Labute approximate surface area is 139 Å². The molecule has 1 aromatic heterocycles. The molecule has 0 fully saturated rings. The van der Waals surface area contributed by atoms with Crippen molar-refractivity contribution in [1.29, 1.82) is 0 Å². The van der Waals surface area contributed by atoms with Gasteiger partial charge in [0.25, 0.3) is 0 Å². The van der Waals surface area contributed by atoms with E-state index in [0.29, 0.717) is 13.1 Å². The van der Waals surface area contributed by atoms with Crippen LogP contribution in [0.5, 0.6) is 0 Å². The molecule has 1 rings (SSSR count). The Hall–Kier alpha value is -1.82. The van der Waals surface area contributed by atoms with Crippen LogP contribution in [0.4, 0.5) is 4.79 Å². The van der Waals surface area contributed by atoms with Crippen molar-refractivity contribution in [2.24, 2.45) is 0 Å². The average molecular weight is 322 g/mol. The summed E-state index contributed by atoms with van der Waals surface area (Å²) < 4.78 is 6.95. The Balaban J connectivity index is 2.44. The van der Waals surface area contributed by atoms with Crippen molar-refractivity contribution in [2.75, 3.05) is 6.54 Å². The van der Waals surface area contributed by atoms with Crippen LogP contribution >= 0.6 is 0 Å². The standard InChI is InChI=1S/C17H30N4O2/c1-6-8-9-15(12-19-16(22)23-17(3,4)5)18-10-14-11-20-21(7-2)13-14/h7,11,13,15,18H,2,6,8-10,12H2,1,3-5H3,(H,19,22). The molecular weight excluding hydrogens is 292 g/mol. The number of unbranched alkanes of at least 4 members (excludes halogenated alkanes) is 1. The van der Waals surface area contributed by atoms with Gasteiger partial charge in [-0.15, -0.1) is 0 Å². The van der Waals surface area contributed by atoms with Gasteiger partial charge in [-0.2, -0.15) is 5.10 Å².